The molecule has 8 nitrogen and oxygen atoms in total. The number of nitrogens with zero attached hydrogens (tertiary/aromatic N) is 3. The number of piperidine rings is 1. The maximum absolute atomic E-state index is 13.7. The van der Waals surface area contributed by atoms with Crippen molar-refractivity contribution in [3.63, 3.8) is 0 Å². The molecule has 1 unspecified atom stereocenters. The third kappa shape index (κ3) is 3.80. The van der Waals surface area contributed by atoms with Gasteiger partial charge in [-0.3, -0.25) is 13.9 Å². The van der Waals surface area contributed by atoms with Crippen molar-refractivity contribution in [1.82, 2.24) is 14.7 Å². The van der Waals surface area contributed by atoms with E-state index in [1.165, 1.54) is 10.9 Å². The Kier molecular flexibility index (Phi) is 5.50. The third-order valence-corrected chi connectivity index (χ3v) is 6.34. The van der Waals surface area contributed by atoms with E-state index in [1.54, 1.807) is 23.1 Å². The molecule has 0 amide bonds. The van der Waals surface area contributed by atoms with Gasteiger partial charge in [0.05, 0.1) is 28.7 Å². The fraction of sp³-hybridized carbons (Fsp3) is 0.300. The molecule has 1 saturated heterocycles. The van der Waals surface area contributed by atoms with Crippen molar-refractivity contribution in [2.75, 3.05) is 19.0 Å². The van der Waals surface area contributed by atoms with Crippen molar-refractivity contribution in [2.24, 2.45) is 0 Å². The number of aromatic hydroxyl groups is 1. The number of fused-ring (bicyclic) bond motifs is 1. The first-order valence-corrected chi connectivity index (χ1v) is 10.6. The molecule has 1 aliphatic heterocycles. The monoisotopic (exact) mass is 450 g/mol. The van der Waals surface area contributed by atoms with Gasteiger partial charge < -0.3 is 14.8 Å². The fourth-order valence-electron chi connectivity index (χ4n) is 4.06. The summed E-state index contributed by atoms with van der Waals surface area (Å²) in [6.45, 7) is 0.650. The molecule has 0 spiro atoms. The molecule has 4 rings (SSSR count). The summed E-state index contributed by atoms with van der Waals surface area (Å²) in [6, 6.07) is 6.93. The number of halogens is 2. The molecule has 0 radical (unpaired) electrons. The Morgan fingerprint density at radius 2 is 1.94 bits per heavy atom. The minimum atomic E-state index is -2.23. The van der Waals surface area contributed by atoms with Crippen molar-refractivity contribution in [3.8, 4) is 11.4 Å². The molecule has 1 aromatic heterocycles. The Balaban J connectivity index is 1.70. The van der Waals surface area contributed by atoms with Crippen molar-refractivity contribution >= 4 is 28.0 Å². The van der Waals surface area contributed by atoms with Crippen molar-refractivity contribution in [1.29, 1.82) is 0 Å². The summed E-state index contributed by atoms with van der Waals surface area (Å²) >= 11 is -2.23. The van der Waals surface area contributed by atoms with E-state index in [4.69, 9.17) is 0 Å². The van der Waals surface area contributed by atoms with E-state index >= 15 is 0 Å². The van der Waals surface area contributed by atoms with Crippen LogP contribution in [-0.2, 0) is 21.3 Å². The maximum Gasteiger partial charge on any atom is 0.314 e. The zero-order chi connectivity index (χ0) is 22.3. The molecule has 2 heterocycles. The first-order valence-electron chi connectivity index (χ1n) is 9.39. The summed E-state index contributed by atoms with van der Waals surface area (Å²) in [7, 11) is 0. The van der Waals surface area contributed by atoms with E-state index < -0.39 is 39.8 Å². The number of phenolic OH excluding ortho intramolecular Hbond substituents is 1. The standard InChI is InChI=1S/C20H19F2N3O5S/c21-15-8-14(9-17(26)18(15)22)25-16-2-1-13(7-12(16)10-23-25)20(19(27)28)3-5-24(6-4-20)11-31(29)30/h1-2,7-10,26H,3-6,11H2,(H,27,28)(H,29,30)/p-1. The van der Waals surface area contributed by atoms with Crippen LogP contribution in [0, 0.1) is 11.6 Å². The highest BCUT2D eigenvalue weighted by atomic mass is 32.2. The summed E-state index contributed by atoms with van der Waals surface area (Å²) in [5, 5.41) is 24.3. The lowest BCUT2D eigenvalue weighted by Gasteiger charge is -2.39. The highest BCUT2D eigenvalue weighted by molar-refractivity contribution is 7.79. The Bertz CT molecular complexity index is 1170. The van der Waals surface area contributed by atoms with Crippen molar-refractivity contribution in [3.05, 3.63) is 53.7 Å². The number of phenols is 1. The molecule has 11 heteroatoms. The number of hydrogen-bond acceptors (Lipinski definition) is 6. The quantitative estimate of drug-likeness (QED) is 0.573. The molecule has 0 bridgehead atoms. The maximum atomic E-state index is 13.7. The second-order valence-electron chi connectivity index (χ2n) is 7.53. The van der Waals surface area contributed by atoms with Gasteiger partial charge in [-0.15, -0.1) is 0 Å². The van der Waals surface area contributed by atoms with Crippen LogP contribution in [0.15, 0.2) is 36.5 Å². The van der Waals surface area contributed by atoms with Crippen molar-refractivity contribution < 1.29 is 32.6 Å². The van der Waals surface area contributed by atoms with Gasteiger partial charge >= 0.3 is 5.97 Å². The second-order valence-corrected chi connectivity index (χ2v) is 8.39. The average Bonchev–Trinajstić information content (AvgIpc) is 3.15. The molecule has 1 atom stereocenters. The number of aromatic nitrogens is 2. The van der Waals surface area contributed by atoms with Crippen LogP contribution in [0.2, 0.25) is 0 Å². The van der Waals surface area contributed by atoms with Gasteiger partial charge in [0.25, 0.3) is 0 Å². The fourth-order valence-corrected chi connectivity index (χ4v) is 4.61. The van der Waals surface area contributed by atoms with Crippen LogP contribution in [-0.4, -0.2) is 58.6 Å². The Hall–Kier alpha value is -2.89. The molecule has 2 aromatic carbocycles. The Morgan fingerprint density at radius 3 is 2.55 bits per heavy atom. The number of carboxylic acid groups (broad SMARTS) is 1. The van der Waals surface area contributed by atoms with Gasteiger partial charge in [-0.2, -0.15) is 9.49 Å². The van der Waals surface area contributed by atoms with E-state index in [1.807, 2.05) is 0 Å². The molecule has 164 valence electrons. The molecule has 1 aliphatic rings. The molecule has 1 fully saturated rings. The summed E-state index contributed by atoms with van der Waals surface area (Å²) in [4.78, 5) is 13.9. The van der Waals surface area contributed by atoms with Crippen LogP contribution < -0.4 is 0 Å². The van der Waals surface area contributed by atoms with Crippen LogP contribution >= 0.6 is 0 Å². The molecule has 31 heavy (non-hydrogen) atoms. The zero-order valence-corrected chi connectivity index (χ0v) is 16.9. The number of carboxylic acids is 1. The van der Waals surface area contributed by atoms with E-state index in [-0.39, 0.29) is 24.4 Å². The Morgan fingerprint density at radius 1 is 1.23 bits per heavy atom. The smallest absolute Gasteiger partial charge is 0.314 e. The zero-order valence-electron chi connectivity index (χ0n) is 16.1. The molecule has 3 aromatic rings. The minimum Gasteiger partial charge on any atom is -0.771 e. The highest BCUT2D eigenvalue weighted by Crippen LogP contribution is 2.37. The van der Waals surface area contributed by atoms with Gasteiger partial charge in [0.15, 0.2) is 17.4 Å². The number of rotatable bonds is 5. The van der Waals surface area contributed by atoms with E-state index in [2.05, 4.69) is 5.10 Å². The lowest BCUT2D eigenvalue weighted by Crippen LogP contribution is -2.48. The van der Waals surface area contributed by atoms with Crippen LogP contribution in [0.25, 0.3) is 16.6 Å². The number of carbonyl (C=O) groups is 1. The topological polar surface area (TPSA) is 119 Å². The first-order chi connectivity index (χ1) is 14.7. The molecular weight excluding hydrogens is 432 g/mol. The van der Waals surface area contributed by atoms with Gasteiger partial charge in [-0.25, -0.2) is 9.07 Å². The van der Waals surface area contributed by atoms with Gasteiger partial charge in [0, 0.05) is 30.6 Å². The lowest BCUT2D eigenvalue weighted by molar-refractivity contribution is -0.145. The molecule has 0 saturated carbocycles. The second kappa shape index (κ2) is 7.98. The highest BCUT2D eigenvalue weighted by Gasteiger charge is 2.43. The van der Waals surface area contributed by atoms with Crippen LogP contribution in [0.4, 0.5) is 8.78 Å². The average molecular weight is 450 g/mol. The number of aliphatic carboxylic acids is 1. The third-order valence-electron chi connectivity index (χ3n) is 5.77. The Labute approximate surface area is 178 Å². The molecule has 0 aliphatic carbocycles. The summed E-state index contributed by atoms with van der Waals surface area (Å²) < 4.78 is 50.3. The van der Waals surface area contributed by atoms with Gasteiger partial charge in [-0.1, -0.05) is 6.07 Å². The normalized spacial score (nSPS) is 17.6. The van der Waals surface area contributed by atoms with Crippen LogP contribution in [0.1, 0.15) is 18.4 Å². The summed E-state index contributed by atoms with van der Waals surface area (Å²) in [5.74, 6) is -4.54. The predicted molar refractivity (Wildman–Crippen MR) is 107 cm³/mol. The molecular formula is C20H18F2N3O5S-. The summed E-state index contributed by atoms with van der Waals surface area (Å²) in [5.41, 5.74) is 0.0280. The number of benzene rings is 2. The molecule has 2 N–H and O–H groups in total. The number of hydrogen-bond donors (Lipinski definition) is 2. The first kappa shape index (κ1) is 21.3. The van der Waals surface area contributed by atoms with E-state index in [9.17, 15) is 32.6 Å². The number of likely N-dealkylation sites (tertiary alicyclic amines) is 1. The van der Waals surface area contributed by atoms with E-state index in [0.717, 1.165) is 12.1 Å². The predicted octanol–water partition coefficient (Wildman–Crippen LogP) is 2.26. The van der Waals surface area contributed by atoms with Crippen LogP contribution in [0.3, 0.4) is 0 Å². The van der Waals surface area contributed by atoms with Crippen molar-refractivity contribution in [2.45, 2.75) is 18.3 Å². The lowest BCUT2D eigenvalue weighted by atomic mass is 9.72. The summed E-state index contributed by atoms with van der Waals surface area (Å²) in [6.07, 6.45) is 1.97. The van der Waals surface area contributed by atoms with Crippen LogP contribution in [0.5, 0.6) is 5.75 Å². The van der Waals surface area contributed by atoms with E-state index in [0.29, 0.717) is 29.6 Å². The largest absolute Gasteiger partial charge is 0.771 e. The van der Waals surface area contributed by atoms with Gasteiger partial charge in [-0.05, 0) is 41.6 Å². The van der Waals surface area contributed by atoms with Gasteiger partial charge in [0.2, 0.25) is 0 Å². The van der Waals surface area contributed by atoms with Gasteiger partial charge in [0.1, 0.15) is 0 Å². The minimum absolute atomic E-state index is 0.117. The SMILES string of the molecule is O=C(O)C1(c2ccc3c(cnn3-c3cc(O)c(F)c(F)c3)c2)CCN(CS(=O)[O-])CC1.